The quantitative estimate of drug-likeness (QED) is 0.641. The third-order valence-corrected chi connectivity index (χ3v) is 2.73. The summed E-state index contributed by atoms with van der Waals surface area (Å²) in [6, 6.07) is 0. The zero-order chi connectivity index (χ0) is 13.5. The highest BCUT2D eigenvalue weighted by Crippen LogP contribution is 2.25. The van der Waals surface area contributed by atoms with Crippen molar-refractivity contribution in [2.75, 3.05) is 21.1 Å². The van der Waals surface area contributed by atoms with Crippen LogP contribution in [0.2, 0.25) is 0 Å². The molecule has 0 saturated carbocycles. The number of thiazole rings is 2. The molecular formula is C10H16N6S2. The van der Waals surface area contributed by atoms with Crippen LogP contribution in [0.3, 0.4) is 0 Å². The lowest BCUT2D eigenvalue weighted by Crippen LogP contribution is -2.21. The number of hydrogen-bond donors (Lipinski definition) is 2. The molecule has 0 aliphatic carbocycles. The Hall–Kier alpha value is -1.51. The molecule has 0 atom stereocenters. The van der Waals surface area contributed by atoms with Gasteiger partial charge in [0, 0.05) is 10.8 Å². The maximum absolute atomic E-state index is 5.23. The fraction of sp³-hybridized carbons (Fsp3) is 0.300. The highest BCUT2D eigenvalue weighted by Gasteiger charge is 2.04. The highest BCUT2D eigenvalue weighted by molar-refractivity contribution is 7.13. The van der Waals surface area contributed by atoms with Gasteiger partial charge in [0.1, 0.15) is 11.4 Å². The molecule has 98 valence electrons. The molecule has 0 radical (unpaired) electrons. The van der Waals surface area contributed by atoms with E-state index in [2.05, 4.69) is 15.0 Å². The largest absolute Gasteiger partial charge is 0.370 e. The molecule has 18 heavy (non-hydrogen) atoms. The normalized spacial score (nSPS) is 9.78. The van der Waals surface area contributed by atoms with Gasteiger partial charge < -0.3 is 16.4 Å². The lowest BCUT2D eigenvalue weighted by atomic mass is 10.4. The monoisotopic (exact) mass is 284 g/mol. The first-order valence-electron chi connectivity index (χ1n) is 5.03. The molecule has 0 fully saturated rings. The number of guanidine groups is 1. The smallest absolute Gasteiger partial charge is 0.212 e. The Balaban J connectivity index is 0.000000357. The molecule has 2 aromatic rings. The molecule has 2 rings (SSSR count). The van der Waals surface area contributed by atoms with Gasteiger partial charge in [-0.3, -0.25) is 0 Å². The van der Waals surface area contributed by atoms with Gasteiger partial charge in [0.15, 0.2) is 5.96 Å². The first-order valence-corrected chi connectivity index (χ1v) is 6.86. The van der Waals surface area contributed by atoms with E-state index in [0.717, 1.165) is 11.4 Å². The van der Waals surface area contributed by atoms with Crippen molar-refractivity contribution in [1.82, 2.24) is 14.9 Å². The van der Waals surface area contributed by atoms with Gasteiger partial charge in [-0.05, 0) is 21.1 Å². The molecule has 8 heteroatoms. The van der Waals surface area contributed by atoms with Gasteiger partial charge in [0.05, 0.1) is 5.51 Å². The van der Waals surface area contributed by atoms with Crippen LogP contribution in [-0.2, 0) is 0 Å². The van der Waals surface area contributed by atoms with Gasteiger partial charge in [-0.15, -0.1) is 22.7 Å². The Morgan fingerprint density at radius 2 is 1.89 bits per heavy atom. The van der Waals surface area contributed by atoms with Crippen molar-refractivity contribution in [2.45, 2.75) is 0 Å². The van der Waals surface area contributed by atoms with E-state index in [9.17, 15) is 0 Å². The maximum atomic E-state index is 5.23. The van der Waals surface area contributed by atoms with E-state index in [4.69, 9.17) is 11.5 Å². The first kappa shape index (κ1) is 14.6. The number of nitrogens with two attached hydrogens (primary N) is 2. The van der Waals surface area contributed by atoms with Crippen molar-refractivity contribution in [3.8, 4) is 11.4 Å². The Kier molecular flexibility index (Phi) is 5.69. The molecule has 2 heterocycles. The summed E-state index contributed by atoms with van der Waals surface area (Å²) < 4.78 is 0. The van der Waals surface area contributed by atoms with E-state index < -0.39 is 0 Å². The van der Waals surface area contributed by atoms with Gasteiger partial charge in [0.2, 0.25) is 5.13 Å². The van der Waals surface area contributed by atoms with Crippen LogP contribution in [0.1, 0.15) is 0 Å². The number of aromatic nitrogens is 2. The lowest BCUT2D eigenvalue weighted by Gasteiger charge is -1.90. The minimum Gasteiger partial charge on any atom is -0.370 e. The van der Waals surface area contributed by atoms with Crippen molar-refractivity contribution in [3.63, 3.8) is 0 Å². The fourth-order valence-corrected chi connectivity index (χ4v) is 2.13. The maximum Gasteiger partial charge on any atom is 0.212 e. The summed E-state index contributed by atoms with van der Waals surface area (Å²) in [7, 11) is 6.00. The molecule has 0 unspecified atom stereocenters. The van der Waals surface area contributed by atoms with Crippen molar-refractivity contribution in [2.24, 2.45) is 16.5 Å². The average molecular weight is 284 g/mol. The van der Waals surface area contributed by atoms with Crippen molar-refractivity contribution >= 4 is 33.8 Å². The van der Waals surface area contributed by atoms with Crippen LogP contribution in [-0.4, -0.2) is 42.0 Å². The van der Waals surface area contributed by atoms with Gasteiger partial charge >= 0.3 is 0 Å². The van der Waals surface area contributed by atoms with E-state index in [0.29, 0.717) is 5.13 Å². The summed E-state index contributed by atoms with van der Waals surface area (Å²) >= 11 is 2.91. The third-order valence-electron chi connectivity index (χ3n) is 1.41. The predicted molar refractivity (Wildman–Crippen MR) is 78.3 cm³/mol. The standard InChI is InChI=1S/C7H7N5S2.C3H9N/c8-6(9)12-7-11-5(2-14-7)4-1-13-3-10-4;1-4(2)3/h1-3H,(H4,8,9,11,12);1-3H3. The molecular weight excluding hydrogens is 268 g/mol. The van der Waals surface area contributed by atoms with Crippen LogP contribution in [0.15, 0.2) is 21.3 Å². The summed E-state index contributed by atoms with van der Waals surface area (Å²) in [6.45, 7) is 0. The van der Waals surface area contributed by atoms with Gasteiger partial charge in [-0.25, -0.2) is 9.97 Å². The topological polar surface area (TPSA) is 93.4 Å². The second-order valence-electron chi connectivity index (χ2n) is 3.77. The number of nitrogens with zero attached hydrogens (tertiary/aromatic N) is 4. The number of aliphatic imine (C=N–C) groups is 1. The van der Waals surface area contributed by atoms with E-state index in [1.165, 1.54) is 22.7 Å². The molecule has 6 nitrogen and oxygen atoms in total. The Morgan fingerprint density at radius 1 is 1.22 bits per heavy atom. The van der Waals surface area contributed by atoms with Crippen molar-refractivity contribution in [3.05, 3.63) is 16.3 Å². The highest BCUT2D eigenvalue weighted by atomic mass is 32.1. The molecule has 0 saturated heterocycles. The zero-order valence-corrected chi connectivity index (χ0v) is 12.1. The van der Waals surface area contributed by atoms with Gasteiger partial charge in [0.25, 0.3) is 0 Å². The Morgan fingerprint density at radius 3 is 2.39 bits per heavy atom. The van der Waals surface area contributed by atoms with Crippen LogP contribution in [0.5, 0.6) is 0 Å². The zero-order valence-electron chi connectivity index (χ0n) is 10.5. The minimum absolute atomic E-state index is 0.0178. The number of rotatable bonds is 2. The minimum atomic E-state index is 0.0178. The van der Waals surface area contributed by atoms with Crippen LogP contribution in [0.25, 0.3) is 11.4 Å². The van der Waals surface area contributed by atoms with Crippen molar-refractivity contribution in [1.29, 1.82) is 0 Å². The average Bonchev–Trinajstić information content (AvgIpc) is 2.83. The molecule has 0 bridgehead atoms. The Labute approximate surface area is 114 Å². The summed E-state index contributed by atoms with van der Waals surface area (Å²) in [6.07, 6.45) is 0. The van der Waals surface area contributed by atoms with E-state index in [1.54, 1.807) is 5.51 Å². The van der Waals surface area contributed by atoms with Crippen LogP contribution in [0.4, 0.5) is 5.13 Å². The second-order valence-corrected chi connectivity index (χ2v) is 5.32. The third kappa shape index (κ3) is 5.21. The predicted octanol–water partition coefficient (Wildman–Crippen LogP) is 1.35. The van der Waals surface area contributed by atoms with Crippen molar-refractivity contribution < 1.29 is 0 Å². The fourth-order valence-electron chi connectivity index (χ4n) is 0.883. The molecule has 2 aromatic heterocycles. The lowest BCUT2D eigenvalue weighted by molar-refractivity contribution is 0.505. The Bertz CT molecular complexity index is 481. The van der Waals surface area contributed by atoms with Gasteiger partial charge in [-0.1, -0.05) is 0 Å². The molecule has 0 spiro atoms. The molecule has 0 aliphatic rings. The van der Waals surface area contributed by atoms with Crippen LogP contribution in [0, 0.1) is 0 Å². The first-order chi connectivity index (χ1) is 8.49. The summed E-state index contributed by atoms with van der Waals surface area (Å²) in [5.41, 5.74) is 13.9. The molecule has 4 N–H and O–H groups in total. The number of hydrogen-bond acceptors (Lipinski definition) is 6. The molecule has 0 amide bonds. The van der Waals surface area contributed by atoms with E-state index >= 15 is 0 Å². The summed E-state index contributed by atoms with van der Waals surface area (Å²) in [5, 5.41) is 4.35. The second kappa shape index (κ2) is 7.04. The van der Waals surface area contributed by atoms with Crippen LogP contribution < -0.4 is 11.5 Å². The van der Waals surface area contributed by atoms with Crippen LogP contribution >= 0.6 is 22.7 Å². The molecule has 0 aromatic carbocycles. The summed E-state index contributed by atoms with van der Waals surface area (Å²) in [4.78, 5) is 14.2. The van der Waals surface area contributed by atoms with E-state index in [-0.39, 0.29) is 5.96 Å². The molecule has 0 aliphatic heterocycles. The SMILES string of the molecule is CN(C)C.NC(N)=Nc1nc(-c2cscn2)cs1. The van der Waals surface area contributed by atoms with Gasteiger partial charge in [-0.2, -0.15) is 4.99 Å². The van der Waals surface area contributed by atoms with E-state index in [1.807, 2.05) is 36.8 Å². The summed E-state index contributed by atoms with van der Waals surface area (Å²) in [5.74, 6) is 0.0178.